The quantitative estimate of drug-likeness (QED) is 0.800. The predicted octanol–water partition coefficient (Wildman–Crippen LogP) is 3.75. The van der Waals surface area contributed by atoms with E-state index in [-0.39, 0.29) is 11.7 Å². The van der Waals surface area contributed by atoms with Crippen LogP contribution in [0.4, 0.5) is 13.2 Å². The van der Waals surface area contributed by atoms with Crippen LogP contribution < -0.4 is 0 Å². The normalized spacial score (nSPS) is 11.8. The molecule has 0 unspecified atom stereocenters. The molecule has 0 saturated carbocycles. The summed E-state index contributed by atoms with van der Waals surface area (Å²) in [5, 5.41) is 0. The average Bonchev–Trinajstić information content (AvgIpc) is 2.64. The average molecular weight is 241 g/mol. The molecule has 0 N–H and O–H groups in total. The Morgan fingerprint density at radius 1 is 1.18 bits per heavy atom. The molecular formula is C12H10F3NO. The van der Waals surface area contributed by atoms with E-state index in [4.69, 9.17) is 4.42 Å². The lowest BCUT2D eigenvalue weighted by atomic mass is 10.1. The molecular weight excluding hydrogens is 231 g/mol. The standard InChI is InChI=1S/C12H10F3NO/c1-8-2-4-9(5-3-8)11-16-7-10(17-11)6-12(13,14)15/h2-5,7H,6H2,1H3. The zero-order chi connectivity index (χ0) is 12.5. The van der Waals surface area contributed by atoms with E-state index in [1.807, 2.05) is 19.1 Å². The second-order valence-electron chi connectivity index (χ2n) is 3.79. The van der Waals surface area contributed by atoms with Gasteiger partial charge in [-0.25, -0.2) is 4.98 Å². The van der Waals surface area contributed by atoms with Crippen molar-refractivity contribution < 1.29 is 17.6 Å². The van der Waals surface area contributed by atoms with Gasteiger partial charge in [0.15, 0.2) is 0 Å². The maximum absolute atomic E-state index is 12.1. The molecule has 0 bridgehead atoms. The Morgan fingerprint density at radius 2 is 1.82 bits per heavy atom. The highest BCUT2D eigenvalue weighted by Gasteiger charge is 2.29. The minimum absolute atomic E-state index is 0.173. The molecule has 0 amide bonds. The summed E-state index contributed by atoms with van der Waals surface area (Å²) in [4.78, 5) is 3.83. The Labute approximate surface area is 96.1 Å². The zero-order valence-corrected chi connectivity index (χ0v) is 9.08. The van der Waals surface area contributed by atoms with Gasteiger partial charge in [0.2, 0.25) is 5.89 Å². The highest BCUT2D eigenvalue weighted by molar-refractivity contribution is 5.53. The highest BCUT2D eigenvalue weighted by Crippen LogP contribution is 2.25. The SMILES string of the molecule is Cc1ccc(-c2ncc(CC(F)(F)F)o2)cc1. The van der Waals surface area contributed by atoms with E-state index in [1.165, 1.54) is 0 Å². The molecule has 2 nitrogen and oxygen atoms in total. The lowest BCUT2D eigenvalue weighted by Gasteiger charge is -2.01. The van der Waals surface area contributed by atoms with Crippen LogP contribution in [0.3, 0.4) is 0 Å². The van der Waals surface area contributed by atoms with Crippen LogP contribution in [0.15, 0.2) is 34.9 Å². The molecule has 1 aromatic carbocycles. The van der Waals surface area contributed by atoms with E-state index in [0.29, 0.717) is 5.56 Å². The van der Waals surface area contributed by atoms with Crippen molar-refractivity contribution in [2.45, 2.75) is 19.5 Å². The monoisotopic (exact) mass is 241 g/mol. The Bertz CT molecular complexity index is 499. The highest BCUT2D eigenvalue weighted by atomic mass is 19.4. The minimum atomic E-state index is -4.27. The maximum atomic E-state index is 12.1. The van der Waals surface area contributed by atoms with Gasteiger partial charge < -0.3 is 4.42 Å². The number of benzene rings is 1. The summed E-state index contributed by atoms with van der Waals surface area (Å²) < 4.78 is 41.4. The number of aromatic nitrogens is 1. The van der Waals surface area contributed by atoms with Crippen LogP contribution in [0, 0.1) is 6.92 Å². The summed E-state index contributed by atoms with van der Waals surface area (Å²) in [5.41, 5.74) is 1.74. The summed E-state index contributed by atoms with van der Waals surface area (Å²) in [7, 11) is 0. The third-order valence-electron chi connectivity index (χ3n) is 2.23. The van der Waals surface area contributed by atoms with Crippen molar-refractivity contribution in [2.24, 2.45) is 0 Å². The lowest BCUT2D eigenvalue weighted by molar-refractivity contribution is -0.130. The fraction of sp³-hybridized carbons (Fsp3) is 0.250. The molecule has 1 heterocycles. The number of aryl methyl sites for hydroxylation is 1. The second-order valence-corrected chi connectivity index (χ2v) is 3.79. The molecule has 0 fully saturated rings. The van der Waals surface area contributed by atoms with E-state index in [1.54, 1.807) is 12.1 Å². The van der Waals surface area contributed by atoms with Gasteiger partial charge in [0.05, 0.1) is 6.20 Å². The van der Waals surface area contributed by atoms with Crippen molar-refractivity contribution in [3.05, 3.63) is 41.8 Å². The molecule has 90 valence electrons. The second kappa shape index (κ2) is 4.24. The molecule has 0 saturated heterocycles. The van der Waals surface area contributed by atoms with Crippen molar-refractivity contribution in [1.82, 2.24) is 4.98 Å². The number of alkyl halides is 3. The van der Waals surface area contributed by atoms with Crippen LogP contribution in [0.25, 0.3) is 11.5 Å². The molecule has 1 aromatic heterocycles. The van der Waals surface area contributed by atoms with Crippen molar-refractivity contribution in [1.29, 1.82) is 0 Å². The van der Waals surface area contributed by atoms with Crippen LogP contribution >= 0.6 is 0 Å². The van der Waals surface area contributed by atoms with Crippen molar-refractivity contribution in [3.63, 3.8) is 0 Å². The van der Waals surface area contributed by atoms with Crippen molar-refractivity contribution in [2.75, 3.05) is 0 Å². The summed E-state index contributed by atoms with van der Waals surface area (Å²) >= 11 is 0. The van der Waals surface area contributed by atoms with Gasteiger partial charge >= 0.3 is 6.18 Å². The van der Waals surface area contributed by atoms with E-state index in [0.717, 1.165) is 11.8 Å². The number of oxazole rings is 1. The largest absolute Gasteiger partial charge is 0.441 e. The fourth-order valence-electron chi connectivity index (χ4n) is 1.42. The molecule has 0 radical (unpaired) electrons. The van der Waals surface area contributed by atoms with Gasteiger partial charge in [-0.2, -0.15) is 13.2 Å². The summed E-state index contributed by atoms with van der Waals surface area (Å²) in [5.74, 6) is 0.0392. The van der Waals surface area contributed by atoms with Crippen molar-refractivity contribution in [3.8, 4) is 11.5 Å². The van der Waals surface area contributed by atoms with E-state index >= 15 is 0 Å². The number of hydrogen-bond donors (Lipinski definition) is 0. The molecule has 2 rings (SSSR count). The molecule has 0 aliphatic rings. The van der Waals surface area contributed by atoms with Crippen LogP contribution in [0.2, 0.25) is 0 Å². The number of halogens is 3. The zero-order valence-electron chi connectivity index (χ0n) is 9.08. The fourth-order valence-corrected chi connectivity index (χ4v) is 1.42. The van der Waals surface area contributed by atoms with Crippen LogP contribution in [-0.2, 0) is 6.42 Å². The predicted molar refractivity (Wildman–Crippen MR) is 56.4 cm³/mol. The number of rotatable bonds is 2. The summed E-state index contributed by atoms with van der Waals surface area (Å²) in [6.07, 6.45) is -4.25. The van der Waals surface area contributed by atoms with E-state index in [9.17, 15) is 13.2 Å². The van der Waals surface area contributed by atoms with Gasteiger partial charge in [-0.3, -0.25) is 0 Å². The van der Waals surface area contributed by atoms with Crippen LogP contribution in [0.5, 0.6) is 0 Å². The van der Waals surface area contributed by atoms with Gasteiger partial charge in [-0.1, -0.05) is 17.7 Å². The van der Waals surface area contributed by atoms with E-state index in [2.05, 4.69) is 4.98 Å². The third kappa shape index (κ3) is 3.09. The molecule has 5 heteroatoms. The Kier molecular flexibility index (Phi) is 2.92. The first kappa shape index (κ1) is 11.7. The van der Waals surface area contributed by atoms with Gasteiger partial charge in [0.1, 0.15) is 12.2 Å². The summed E-state index contributed by atoms with van der Waals surface area (Å²) in [6, 6.07) is 7.23. The van der Waals surface area contributed by atoms with Gasteiger partial charge in [-0.05, 0) is 19.1 Å². The van der Waals surface area contributed by atoms with Crippen LogP contribution in [-0.4, -0.2) is 11.2 Å². The topological polar surface area (TPSA) is 26.0 Å². The van der Waals surface area contributed by atoms with Crippen LogP contribution in [0.1, 0.15) is 11.3 Å². The number of hydrogen-bond acceptors (Lipinski definition) is 2. The first-order valence-corrected chi connectivity index (χ1v) is 5.02. The Morgan fingerprint density at radius 3 is 2.41 bits per heavy atom. The molecule has 0 aliphatic carbocycles. The molecule has 17 heavy (non-hydrogen) atoms. The molecule has 0 spiro atoms. The first-order chi connectivity index (χ1) is 7.94. The number of nitrogens with zero attached hydrogens (tertiary/aromatic N) is 1. The minimum Gasteiger partial charge on any atom is -0.441 e. The Hall–Kier alpha value is -1.78. The maximum Gasteiger partial charge on any atom is 0.396 e. The third-order valence-corrected chi connectivity index (χ3v) is 2.23. The molecule has 0 atom stereocenters. The smallest absolute Gasteiger partial charge is 0.396 e. The Balaban J connectivity index is 2.21. The van der Waals surface area contributed by atoms with Gasteiger partial charge in [0, 0.05) is 5.56 Å². The summed E-state index contributed by atoms with van der Waals surface area (Å²) in [6.45, 7) is 1.93. The van der Waals surface area contributed by atoms with Crippen molar-refractivity contribution >= 4 is 0 Å². The molecule has 0 aliphatic heterocycles. The first-order valence-electron chi connectivity index (χ1n) is 5.02. The molecule has 2 aromatic rings. The van der Waals surface area contributed by atoms with Gasteiger partial charge in [0.25, 0.3) is 0 Å². The lowest BCUT2D eigenvalue weighted by Crippen LogP contribution is -2.10. The van der Waals surface area contributed by atoms with E-state index < -0.39 is 12.6 Å². The van der Waals surface area contributed by atoms with Gasteiger partial charge in [-0.15, -0.1) is 0 Å².